The van der Waals surface area contributed by atoms with E-state index in [1.165, 1.54) is 11.5 Å². The molecule has 0 fully saturated rings. The Bertz CT molecular complexity index is 253. The van der Waals surface area contributed by atoms with Crippen LogP contribution in [0.5, 0.6) is 0 Å². The van der Waals surface area contributed by atoms with Gasteiger partial charge in [-0.05, 0) is 16.0 Å². The molecular formula is CAsClF6N2S2. The molecule has 0 atom stereocenters. The van der Waals surface area contributed by atoms with E-state index in [0.29, 0.717) is 4.47 Å². The molecule has 1 aromatic heterocycles. The Hall–Kier alpha value is 0.338. The monoisotopic (exact) mass is 328 g/mol. The molecule has 0 aliphatic rings. The van der Waals surface area contributed by atoms with Crippen LogP contribution in [0, 0.1) is 0 Å². The summed E-state index contributed by atoms with van der Waals surface area (Å²) in [6.45, 7) is 0. The SMILES string of the molecule is Clc1nsn[s+]1.F[As-](F)(F)(F)(F)F. The summed E-state index contributed by atoms with van der Waals surface area (Å²) in [5, 5.41) is 0. The van der Waals surface area contributed by atoms with Gasteiger partial charge in [-0.2, -0.15) is 0 Å². The number of nitrogens with zero attached hydrogens (tertiary/aromatic N) is 2. The van der Waals surface area contributed by atoms with Gasteiger partial charge in [0, 0.05) is 0 Å². The van der Waals surface area contributed by atoms with Crippen molar-refractivity contribution >= 4 is 49.0 Å². The van der Waals surface area contributed by atoms with Crippen LogP contribution in [-0.2, 0) is 0 Å². The average Bonchev–Trinajstić information content (AvgIpc) is 2.07. The van der Waals surface area contributed by atoms with E-state index in [9.17, 15) is 20.8 Å². The van der Waals surface area contributed by atoms with Crippen molar-refractivity contribution in [2.24, 2.45) is 0 Å². The van der Waals surface area contributed by atoms with Gasteiger partial charge in [-0.1, -0.05) is 0 Å². The first-order valence-electron chi connectivity index (χ1n) is 2.18. The average molecular weight is 329 g/mol. The van der Waals surface area contributed by atoms with E-state index in [4.69, 9.17) is 11.6 Å². The zero-order valence-electron chi connectivity index (χ0n) is 5.30. The van der Waals surface area contributed by atoms with E-state index in [-0.39, 0.29) is 0 Å². The zero-order chi connectivity index (χ0) is 10.8. The predicted molar refractivity (Wildman–Crippen MR) is 39.6 cm³/mol. The van der Waals surface area contributed by atoms with Gasteiger partial charge < -0.3 is 0 Å². The Balaban J connectivity index is 0.000000223. The van der Waals surface area contributed by atoms with E-state index >= 15 is 0 Å². The summed E-state index contributed by atoms with van der Waals surface area (Å²) in [6, 6.07) is 0. The molecule has 1 aromatic rings. The van der Waals surface area contributed by atoms with Crippen molar-refractivity contribution in [2.75, 3.05) is 0 Å². The fraction of sp³-hybridized carbons (Fsp3) is 0. The van der Waals surface area contributed by atoms with Gasteiger partial charge in [-0.25, -0.2) is 0 Å². The second kappa shape index (κ2) is 3.18. The summed E-state index contributed by atoms with van der Waals surface area (Å²) in [5.41, 5.74) is 0. The normalized spacial score (nSPS) is 16.5. The maximum atomic E-state index is 9.91. The first-order chi connectivity index (χ1) is 5.34. The van der Waals surface area contributed by atoms with Crippen LogP contribution in [0.2, 0.25) is 4.47 Å². The minimum atomic E-state index is -11.1. The van der Waals surface area contributed by atoms with Gasteiger partial charge in [0.2, 0.25) is 11.5 Å². The van der Waals surface area contributed by atoms with Gasteiger partial charge in [-0.3, -0.25) is 0 Å². The molecule has 0 aliphatic carbocycles. The van der Waals surface area contributed by atoms with Crippen LogP contribution < -0.4 is 0 Å². The molecule has 12 heteroatoms. The summed E-state index contributed by atoms with van der Waals surface area (Å²) in [5.74, 6) is 0. The van der Waals surface area contributed by atoms with Gasteiger partial charge in [0.1, 0.15) is 3.76 Å². The van der Waals surface area contributed by atoms with Crippen LogP contribution in [0.15, 0.2) is 0 Å². The second-order valence-corrected chi connectivity index (χ2v) is 7.66. The second-order valence-electron chi connectivity index (χ2n) is 1.55. The zero-order valence-corrected chi connectivity index (χ0v) is 9.57. The Labute approximate surface area is 82.5 Å². The molecule has 1 heterocycles. The summed E-state index contributed by atoms with van der Waals surface area (Å²) < 4.78 is 67.2. The summed E-state index contributed by atoms with van der Waals surface area (Å²) >= 11 is -3.43. The standard InChI is InChI=1S/CClN2S2.AsF6/c2-1-3-6-4-5-1;2-1(3,4,5,6)7/q+1;-1. The van der Waals surface area contributed by atoms with E-state index in [1.54, 1.807) is 0 Å². The molecule has 80 valence electrons. The molecule has 0 aromatic carbocycles. The quantitative estimate of drug-likeness (QED) is 0.412. The molecule has 0 saturated heterocycles. The van der Waals surface area contributed by atoms with Crippen molar-refractivity contribution in [1.82, 2.24) is 8.14 Å². The van der Waals surface area contributed by atoms with Gasteiger partial charge in [0.25, 0.3) is 0 Å². The number of rotatable bonds is 0. The van der Waals surface area contributed by atoms with Crippen LogP contribution >= 0.6 is 34.9 Å². The predicted octanol–water partition coefficient (Wildman–Crippen LogP) is 3.67. The van der Waals surface area contributed by atoms with Crippen molar-refractivity contribution in [2.45, 2.75) is 0 Å². The first-order valence-corrected chi connectivity index (χ1v) is 8.32. The molecule has 0 saturated carbocycles. The molecule has 0 bridgehead atoms. The van der Waals surface area contributed by atoms with Crippen LogP contribution in [0.4, 0.5) is 20.8 Å². The Morgan fingerprint density at radius 1 is 1.15 bits per heavy atom. The van der Waals surface area contributed by atoms with Crippen LogP contribution in [0.1, 0.15) is 0 Å². The molecule has 1 rings (SSSR count). The van der Waals surface area contributed by atoms with Crippen LogP contribution in [0.3, 0.4) is 0 Å². The molecule has 0 amide bonds. The van der Waals surface area contributed by atoms with Crippen LogP contribution in [0.25, 0.3) is 0 Å². The van der Waals surface area contributed by atoms with E-state index in [2.05, 4.69) is 8.14 Å². The molecule has 0 spiro atoms. The van der Waals surface area contributed by atoms with E-state index in [0.717, 1.165) is 11.7 Å². The fourth-order valence-corrected chi connectivity index (χ4v) is 1.27. The molecule has 13 heavy (non-hydrogen) atoms. The van der Waals surface area contributed by atoms with E-state index in [1.807, 2.05) is 0 Å². The molecule has 0 N–H and O–H groups in total. The van der Waals surface area contributed by atoms with Gasteiger partial charge in [-0.15, -0.1) is 0 Å². The number of aromatic nitrogens is 2. The summed E-state index contributed by atoms with van der Waals surface area (Å²) in [4.78, 5) is 0. The Morgan fingerprint density at radius 2 is 1.54 bits per heavy atom. The fourth-order valence-electron chi connectivity index (χ4n) is 0.113. The third kappa shape index (κ3) is 24.5. The van der Waals surface area contributed by atoms with Crippen molar-refractivity contribution in [1.29, 1.82) is 0 Å². The van der Waals surface area contributed by atoms with Gasteiger partial charge >= 0.3 is 51.2 Å². The molecule has 0 radical (unpaired) electrons. The molecular weight excluding hydrogens is 329 g/mol. The van der Waals surface area contributed by atoms with Crippen molar-refractivity contribution < 1.29 is 20.8 Å². The summed E-state index contributed by atoms with van der Waals surface area (Å²) in [7, 11) is 0. The Morgan fingerprint density at radius 3 is 1.62 bits per heavy atom. The first kappa shape index (κ1) is 13.3. The van der Waals surface area contributed by atoms with Gasteiger partial charge in [0.15, 0.2) is 0 Å². The number of hydrogen-bond donors (Lipinski definition) is 0. The topological polar surface area (TPSA) is 25.8 Å². The van der Waals surface area contributed by atoms with Crippen molar-refractivity contribution in [3.05, 3.63) is 4.47 Å². The maximum absolute atomic E-state index is 11.1. The van der Waals surface area contributed by atoms with E-state index < -0.39 is 14.2 Å². The number of hydrogen-bond acceptors (Lipinski definition) is 3. The molecule has 2 nitrogen and oxygen atoms in total. The van der Waals surface area contributed by atoms with Gasteiger partial charge in [0.05, 0.1) is 0 Å². The molecule has 0 aliphatic heterocycles. The van der Waals surface area contributed by atoms with Crippen molar-refractivity contribution in [3.8, 4) is 0 Å². The minimum absolute atomic E-state index is 0.514. The number of halogens is 7. The Kier molecular flexibility index (Phi) is 3.26. The van der Waals surface area contributed by atoms with Crippen molar-refractivity contribution in [3.63, 3.8) is 0 Å². The molecule has 0 unspecified atom stereocenters. The summed E-state index contributed by atoms with van der Waals surface area (Å²) in [6.07, 6.45) is 0. The third-order valence-electron chi connectivity index (χ3n) is 0.259. The van der Waals surface area contributed by atoms with Crippen LogP contribution in [-0.4, -0.2) is 22.3 Å². The third-order valence-corrected chi connectivity index (χ3v) is 1.84.